The topological polar surface area (TPSA) is 3.24 Å². The summed E-state index contributed by atoms with van der Waals surface area (Å²) >= 11 is 2.00. The van der Waals surface area contributed by atoms with Crippen LogP contribution in [0.4, 0.5) is 17.1 Å². The van der Waals surface area contributed by atoms with Crippen LogP contribution < -0.4 is 4.90 Å². The summed E-state index contributed by atoms with van der Waals surface area (Å²) in [6, 6.07) is 48.2. The molecule has 10 rings (SSSR count). The van der Waals surface area contributed by atoms with Crippen molar-refractivity contribution in [3.05, 3.63) is 180 Å². The van der Waals surface area contributed by atoms with E-state index in [4.69, 9.17) is 0 Å². The highest BCUT2D eigenvalue weighted by Gasteiger charge is 2.39. The third kappa shape index (κ3) is 4.15. The first-order valence-corrected chi connectivity index (χ1v) is 18.7. The molecule has 0 saturated carbocycles. The Hall–Kier alpha value is -5.05. The lowest BCUT2D eigenvalue weighted by Gasteiger charge is -2.31. The predicted molar refractivity (Wildman–Crippen MR) is 212 cm³/mol. The Labute approximate surface area is 300 Å². The molecule has 6 aromatic carbocycles. The first kappa shape index (κ1) is 29.8. The second kappa shape index (κ2) is 10.7. The maximum absolute atomic E-state index is 2.53. The Morgan fingerprint density at radius 2 is 1.00 bits per heavy atom. The van der Waals surface area contributed by atoms with Crippen molar-refractivity contribution >= 4 is 28.8 Å². The number of anilines is 3. The summed E-state index contributed by atoms with van der Waals surface area (Å²) in [5, 5.41) is 0.445. The number of fused-ring (bicyclic) bond motifs is 9. The minimum Gasteiger partial charge on any atom is -0.310 e. The Morgan fingerprint density at radius 3 is 1.64 bits per heavy atom. The fourth-order valence-electron chi connectivity index (χ4n) is 9.32. The van der Waals surface area contributed by atoms with Gasteiger partial charge in [-0.3, -0.25) is 0 Å². The molecule has 0 N–H and O–H groups in total. The van der Waals surface area contributed by atoms with Crippen LogP contribution in [0.1, 0.15) is 61.4 Å². The minimum absolute atomic E-state index is 0.0952. The predicted octanol–water partition coefficient (Wildman–Crippen LogP) is 13.1. The SMILES string of the molecule is CC1(C)c2ccccc2-c2ccc(N(c3ccc4c(c3)C(C)(C)c3ccccc3-4)c3ccccc3-c3cccc4c3C3C=CC=CC3S4)cc21. The molecule has 0 amide bonds. The number of allylic oxidation sites excluding steroid dienone is 3. The summed E-state index contributed by atoms with van der Waals surface area (Å²) in [4.78, 5) is 3.92. The zero-order valence-electron chi connectivity index (χ0n) is 28.9. The molecule has 4 aliphatic rings. The van der Waals surface area contributed by atoms with E-state index < -0.39 is 0 Å². The number of hydrogen-bond acceptors (Lipinski definition) is 2. The average Bonchev–Trinajstić information content (AvgIpc) is 3.72. The fourth-order valence-corrected chi connectivity index (χ4v) is 10.7. The molecule has 1 nitrogen and oxygen atoms in total. The lowest BCUT2D eigenvalue weighted by molar-refractivity contribution is 0.660. The lowest BCUT2D eigenvalue weighted by Crippen LogP contribution is -2.18. The van der Waals surface area contributed by atoms with E-state index in [2.05, 4.69) is 184 Å². The van der Waals surface area contributed by atoms with Crippen LogP contribution in [-0.4, -0.2) is 5.25 Å². The van der Waals surface area contributed by atoms with Gasteiger partial charge in [-0.1, -0.05) is 143 Å². The largest absolute Gasteiger partial charge is 0.310 e. The smallest absolute Gasteiger partial charge is 0.0540 e. The number of thioether (sulfide) groups is 1. The van der Waals surface area contributed by atoms with Gasteiger partial charge in [-0.2, -0.15) is 0 Å². The lowest BCUT2D eigenvalue weighted by atomic mass is 9.82. The summed E-state index contributed by atoms with van der Waals surface area (Å²) in [5.41, 5.74) is 18.4. The van der Waals surface area contributed by atoms with Gasteiger partial charge < -0.3 is 4.90 Å². The summed E-state index contributed by atoms with van der Waals surface area (Å²) in [7, 11) is 0. The Balaban J connectivity index is 1.20. The van der Waals surface area contributed by atoms with Crippen LogP contribution in [0.15, 0.2) is 157 Å². The molecule has 1 aliphatic heterocycles. The van der Waals surface area contributed by atoms with Gasteiger partial charge in [0.15, 0.2) is 0 Å². The van der Waals surface area contributed by atoms with E-state index in [0.717, 1.165) is 0 Å². The quantitative estimate of drug-likeness (QED) is 0.185. The van der Waals surface area contributed by atoms with Crippen molar-refractivity contribution in [2.24, 2.45) is 0 Å². The highest BCUT2D eigenvalue weighted by atomic mass is 32.2. The molecule has 0 bridgehead atoms. The second-order valence-electron chi connectivity index (χ2n) is 15.2. The van der Waals surface area contributed by atoms with Crippen LogP contribution in [-0.2, 0) is 10.8 Å². The molecule has 0 aromatic heterocycles. The van der Waals surface area contributed by atoms with Gasteiger partial charge in [0.05, 0.1) is 5.69 Å². The highest BCUT2D eigenvalue weighted by Crippen LogP contribution is 2.56. The minimum atomic E-state index is -0.0952. The molecule has 6 aromatic rings. The van der Waals surface area contributed by atoms with Gasteiger partial charge in [0.1, 0.15) is 0 Å². The number of hydrogen-bond donors (Lipinski definition) is 0. The third-order valence-electron chi connectivity index (χ3n) is 11.8. The summed E-state index contributed by atoms with van der Waals surface area (Å²) in [5.74, 6) is 0.372. The number of para-hydroxylation sites is 1. The molecule has 2 unspecified atom stereocenters. The highest BCUT2D eigenvalue weighted by molar-refractivity contribution is 8.00. The molecule has 0 saturated heterocycles. The van der Waals surface area contributed by atoms with Crippen molar-refractivity contribution in [2.45, 2.75) is 54.6 Å². The molecule has 2 atom stereocenters. The third-order valence-corrected chi connectivity index (χ3v) is 13.2. The van der Waals surface area contributed by atoms with E-state index in [1.807, 2.05) is 11.8 Å². The van der Waals surface area contributed by atoms with Crippen LogP contribution >= 0.6 is 11.8 Å². The van der Waals surface area contributed by atoms with Crippen LogP contribution in [0.3, 0.4) is 0 Å². The van der Waals surface area contributed by atoms with Gasteiger partial charge in [0.25, 0.3) is 0 Å². The van der Waals surface area contributed by atoms with E-state index >= 15 is 0 Å². The van der Waals surface area contributed by atoms with Crippen LogP contribution in [0.5, 0.6) is 0 Å². The molecule has 1 heterocycles. The van der Waals surface area contributed by atoms with Crippen LogP contribution in [0.25, 0.3) is 33.4 Å². The van der Waals surface area contributed by atoms with Gasteiger partial charge in [-0.25, -0.2) is 0 Å². The Kier molecular flexibility index (Phi) is 6.40. The molecule has 50 heavy (non-hydrogen) atoms. The van der Waals surface area contributed by atoms with Crippen LogP contribution in [0, 0.1) is 0 Å². The van der Waals surface area contributed by atoms with Gasteiger partial charge in [0.2, 0.25) is 0 Å². The van der Waals surface area contributed by atoms with Crippen LogP contribution in [0.2, 0.25) is 0 Å². The average molecular weight is 662 g/mol. The fraction of sp³-hybridized carbons (Fsp3) is 0.167. The van der Waals surface area contributed by atoms with Crippen molar-refractivity contribution in [1.29, 1.82) is 0 Å². The van der Waals surface area contributed by atoms with E-state index in [1.54, 1.807) is 0 Å². The maximum Gasteiger partial charge on any atom is 0.0540 e. The Morgan fingerprint density at radius 1 is 0.480 bits per heavy atom. The standard InChI is InChI=1S/C48H39NS/c1-47(2)39-19-9-5-14-32(39)34-26-24-30(28-41(34)47)49(31-25-27-35-33-15-6-10-20-40(33)48(3,4)42(35)29-31)43-21-11-7-16-36(43)37-18-13-23-45-46(37)38-17-8-12-22-44(38)50-45/h5-29,38,44H,1-4H3. The molecule has 0 fully saturated rings. The number of nitrogens with zero attached hydrogens (tertiary/aromatic N) is 1. The van der Waals surface area contributed by atoms with Gasteiger partial charge >= 0.3 is 0 Å². The molecule has 0 spiro atoms. The first-order valence-electron chi connectivity index (χ1n) is 17.9. The second-order valence-corrected chi connectivity index (χ2v) is 16.5. The zero-order chi connectivity index (χ0) is 33.8. The van der Waals surface area contributed by atoms with Crippen molar-refractivity contribution in [1.82, 2.24) is 0 Å². The first-order chi connectivity index (χ1) is 24.3. The number of benzene rings is 6. The van der Waals surface area contributed by atoms with E-state index in [1.165, 1.54) is 83.2 Å². The van der Waals surface area contributed by atoms with E-state index in [-0.39, 0.29) is 10.8 Å². The maximum atomic E-state index is 2.53. The molecule has 0 radical (unpaired) electrons. The van der Waals surface area contributed by atoms with Crippen molar-refractivity contribution < 1.29 is 0 Å². The van der Waals surface area contributed by atoms with Gasteiger partial charge in [0, 0.05) is 43.8 Å². The van der Waals surface area contributed by atoms with E-state index in [0.29, 0.717) is 11.2 Å². The molecule has 3 aliphatic carbocycles. The van der Waals surface area contributed by atoms with Crippen molar-refractivity contribution in [3.8, 4) is 33.4 Å². The zero-order valence-corrected chi connectivity index (χ0v) is 29.8. The van der Waals surface area contributed by atoms with Crippen molar-refractivity contribution in [3.63, 3.8) is 0 Å². The number of rotatable bonds is 4. The van der Waals surface area contributed by atoms with Gasteiger partial charge in [-0.15, -0.1) is 11.8 Å². The molecule has 2 heteroatoms. The molecular formula is C48H39NS. The summed E-state index contributed by atoms with van der Waals surface area (Å²) in [6.45, 7) is 9.51. The summed E-state index contributed by atoms with van der Waals surface area (Å²) < 4.78 is 0. The molecule has 242 valence electrons. The molecular weight excluding hydrogens is 623 g/mol. The normalized spacial score (nSPS) is 19.3. The summed E-state index contributed by atoms with van der Waals surface area (Å²) in [6.07, 6.45) is 9.19. The monoisotopic (exact) mass is 661 g/mol. The Bertz CT molecular complexity index is 2330. The van der Waals surface area contributed by atoms with Gasteiger partial charge in [-0.05, 0) is 92.0 Å². The van der Waals surface area contributed by atoms with E-state index in [9.17, 15) is 0 Å². The van der Waals surface area contributed by atoms with Crippen molar-refractivity contribution in [2.75, 3.05) is 4.90 Å².